The molecule has 1 atom stereocenters. The lowest BCUT2D eigenvalue weighted by atomic mass is 10.0. The third-order valence-electron chi connectivity index (χ3n) is 8.26. The van der Waals surface area contributed by atoms with Gasteiger partial charge in [-0.15, -0.1) is 0 Å². The molecule has 3 N–H and O–H groups in total. The van der Waals surface area contributed by atoms with Crippen LogP contribution >= 0.6 is 0 Å². The first-order valence-corrected chi connectivity index (χ1v) is 14.0. The Balaban J connectivity index is 1.32. The van der Waals surface area contributed by atoms with Gasteiger partial charge in [-0.25, -0.2) is 9.97 Å². The zero-order valence-electron chi connectivity index (χ0n) is 23.4. The van der Waals surface area contributed by atoms with Crippen LogP contribution in [0.4, 0.5) is 17.6 Å². The van der Waals surface area contributed by atoms with Crippen molar-refractivity contribution >= 4 is 23.5 Å². The summed E-state index contributed by atoms with van der Waals surface area (Å²) in [7, 11) is 0. The van der Waals surface area contributed by atoms with Crippen molar-refractivity contribution in [1.82, 2.24) is 24.4 Å². The van der Waals surface area contributed by atoms with Crippen LogP contribution in [-0.4, -0.2) is 49.5 Å². The number of rotatable bonds is 7. The first-order valence-electron chi connectivity index (χ1n) is 14.0. The Bertz CT molecular complexity index is 1520. The van der Waals surface area contributed by atoms with E-state index >= 15 is 0 Å². The summed E-state index contributed by atoms with van der Waals surface area (Å²) in [5.41, 5.74) is 14.0. The van der Waals surface area contributed by atoms with Crippen LogP contribution in [0.3, 0.4) is 0 Å². The molecular weight excluding hydrogens is 500 g/mol. The normalized spacial score (nSPS) is 17.2. The molecular formula is C31H36N8O. The highest BCUT2D eigenvalue weighted by atomic mass is 16.1. The van der Waals surface area contributed by atoms with Gasteiger partial charge >= 0.3 is 0 Å². The van der Waals surface area contributed by atoms with Crippen molar-refractivity contribution in [2.45, 2.75) is 59.2 Å². The quantitative estimate of drug-likeness (QED) is 0.362. The van der Waals surface area contributed by atoms with Crippen molar-refractivity contribution in [2.24, 2.45) is 5.73 Å². The zero-order chi connectivity index (χ0) is 27.8. The van der Waals surface area contributed by atoms with E-state index in [9.17, 15) is 4.79 Å². The van der Waals surface area contributed by atoms with E-state index in [2.05, 4.69) is 77.3 Å². The van der Waals surface area contributed by atoms with Gasteiger partial charge in [0.1, 0.15) is 18.2 Å². The first-order chi connectivity index (χ1) is 19.4. The Labute approximate surface area is 235 Å². The Hall–Kier alpha value is -4.24. The molecule has 1 saturated heterocycles. The third kappa shape index (κ3) is 5.16. The maximum Gasteiger partial charge on any atom is 0.240 e. The molecule has 206 valence electrons. The monoisotopic (exact) mass is 536 g/mol. The van der Waals surface area contributed by atoms with Gasteiger partial charge < -0.3 is 20.5 Å². The van der Waals surface area contributed by atoms with Crippen molar-refractivity contribution in [3.05, 3.63) is 88.5 Å². The molecule has 2 aromatic carbocycles. The average molecular weight is 537 g/mol. The smallest absolute Gasteiger partial charge is 0.240 e. The summed E-state index contributed by atoms with van der Waals surface area (Å²) < 4.78 is 2.01. The number of hydrogen-bond acceptors (Lipinski definition) is 7. The molecule has 6 rings (SSSR count). The predicted molar refractivity (Wildman–Crippen MR) is 157 cm³/mol. The molecule has 1 fully saturated rings. The number of aryl methyl sites for hydroxylation is 2. The van der Waals surface area contributed by atoms with Crippen molar-refractivity contribution in [1.29, 1.82) is 0 Å². The second kappa shape index (κ2) is 10.7. The second-order valence-electron chi connectivity index (χ2n) is 11.0. The highest BCUT2D eigenvalue weighted by molar-refractivity contribution is 5.84. The highest BCUT2D eigenvalue weighted by Crippen LogP contribution is 2.33. The van der Waals surface area contributed by atoms with E-state index in [-0.39, 0.29) is 11.9 Å². The molecule has 9 nitrogen and oxygen atoms in total. The molecule has 4 aromatic rings. The Morgan fingerprint density at radius 1 is 1.07 bits per heavy atom. The molecule has 9 heteroatoms. The summed E-state index contributed by atoms with van der Waals surface area (Å²) >= 11 is 0. The van der Waals surface area contributed by atoms with Crippen LogP contribution in [-0.2, 0) is 24.3 Å². The summed E-state index contributed by atoms with van der Waals surface area (Å²) in [6, 6.07) is 14.5. The predicted octanol–water partition coefficient (Wildman–Crippen LogP) is 4.34. The average Bonchev–Trinajstić information content (AvgIpc) is 3.62. The molecule has 0 saturated carbocycles. The van der Waals surface area contributed by atoms with E-state index < -0.39 is 0 Å². The van der Waals surface area contributed by atoms with Gasteiger partial charge in [0.05, 0.1) is 11.9 Å². The number of nitrogens with one attached hydrogen (secondary N) is 1. The Morgan fingerprint density at radius 2 is 1.85 bits per heavy atom. The topological polar surface area (TPSA) is 105 Å². The second-order valence-corrected chi connectivity index (χ2v) is 11.0. The molecule has 0 radical (unpaired) electrons. The number of carbonyl (C=O) groups is 1. The number of amides is 1. The van der Waals surface area contributed by atoms with Gasteiger partial charge in [-0.2, -0.15) is 4.98 Å². The number of hydrogen-bond donors (Lipinski definition) is 2. The van der Waals surface area contributed by atoms with Gasteiger partial charge in [-0.1, -0.05) is 30.3 Å². The minimum Gasteiger partial charge on any atom is -0.368 e. The van der Waals surface area contributed by atoms with Crippen LogP contribution in [0.25, 0.3) is 5.69 Å². The number of imidazole rings is 1. The van der Waals surface area contributed by atoms with E-state index in [1.807, 2.05) is 16.8 Å². The number of aromatic nitrogens is 4. The Morgan fingerprint density at radius 3 is 2.60 bits per heavy atom. The maximum atomic E-state index is 12.3. The van der Waals surface area contributed by atoms with Crippen LogP contribution in [0.2, 0.25) is 0 Å². The van der Waals surface area contributed by atoms with Gasteiger partial charge in [-0.3, -0.25) is 9.69 Å². The lowest BCUT2D eigenvalue weighted by Gasteiger charge is -2.32. The summed E-state index contributed by atoms with van der Waals surface area (Å²) in [4.78, 5) is 31.3. The molecule has 2 aliphatic heterocycles. The fourth-order valence-corrected chi connectivity index (χ4v) is 5.86. The number of nitrogens with two attached hydrogens (primary N) is 1. The standard InChI is InChI=1S/C31H36N8O/c1-20-14-24(15-21(2)22(20)3)38-18-28(33-19-38)35-31-34-26-17-37(16-23-8-5-4-6-9-23)13-11-25(26)30(36-31)39-12-7-10-27(39)29(32)40/h4-6,8-9,14-15,18-19,27H,7,10-13,16-17H2,1-3H3,(H2,32,40)(H,34,35,36)/t27-/m0/s1. The third-order valence-corrected chi connectivity index (χ3v) is 8.26. The molecule has 0 spiro atoms. The van der Waals surface area contributed by atoms with E-state index in [1.165, 1.54) is 22.3 Å². The lowest BCUT2D eigenvalue weighted by molar-refractivity contribution is -0.119. The van der Waals surface area contributed by atoms with E-state index in [4.69, 9.17) is 15.7 Å². The van der Waals surface area contributed by atoms with Crippen molar-refractivity contribution in [3.63, 3.8) is 0 Å². The van der Waals surface area contributed by atoms with Gasteiger partial charge in [0, 0.05) is 37.4 Å². The van der Waals surface area contributed by atoms with Gasteiger partial charge in [0.15, 0.2) is 5.82 Å². The fourth-order valence-electron chi connectivity index (χ4n) is 5.86. The Kier molecular flexibility index (Phi) is 6.98. The summed E-state index contributed by atoms with van der Waals surface area (Å²) in [6.45, 7) is 9.62. The fraction of sp³-hybridized carbons (Fsp3) is 0.355. The molecule has 0 unspecified atom stereocenters. The maximum absolute atomic E-state index is 12.3. The van der Waals surface area contributed by atoms with Crippen molar-refractivity contribution in [3.8, 4) is 5.69 Å². The van der Waals surface area contributed by atoms with E-state index in [1.54, 1.807) is 6.33 Å². The zero-order valence-corrected chi connectivity index (χ0v) is 23.4. The van der Waals surface area contributed by atoms with Gasteiger partial charge in [0.25, 0.3) is 0 Å². The number of anilines is 3. The van der Waals surface area contributed by atoms with Gasteiger partial charge in [0.2, 0.25) is 11.9 Å². The summed E-state index contributed by atoms with van der Waals surface area (Å²) in [5, 5.41) is 3.34. The molecule has 0 bridgehead atoms. The highest BCUT2D eigenvalue weighted by Gasteiger charge is 2.34. The van der Waals surface area contributed by atoms with Gasteiger partial charge in [-0.05, 0) is 74.4 Å². The number of carbonyl (C=O) groups excluding carboxylic acids is 1. The molecule has 2 aliphatic rings. The van der Waals surface area contributed by atoms with Crippen molar-refractivity contribution < 1.29 is 4.79 Å². The minimum atomic E-state index is -0.346. The first kappa shape index (κ1) is 26.0. The van der Waals surface area contributed by atoms with Crippen LogP contribution in [0.15, 0.2) is 55.0 Å². The van der Waals surface area contributed by atoms with E-state index in [0.29, 0.717) is 18.3 Å². The molecule has 2 aromatic heterocycles. The molecule has 4 heterocycles. The number of nitrogens with zero attached hydrogens (tertiary/aromatic N) is 6. The molecule has 1 amide bonds. The largest absolute Gasteiger partial charge is 0.368 e. The molecule has 0 aliphatic carbocycles. The van der Waals surface area contributed by atoms with Crippen LogP contribution in [0.5, 0.6) is 0 Å². The summed E-state index contributed by atoms with van der Waals surface area (Å²) in [6.07, 6.45) is 6.23. The summed E-state index contributed by atoms with van der Waals surface area (Å²) in [5.74, 6) is 1.65. The van der Waals surface area contributed by atoms with Crippen molar-refractivity contribution in [2.75, 3.05) is 23.3 Å². The minimum absolute atomic E-state index is 0.302. The molecule has 40 heavy (non-hydrogen) atoms. The SMILES string of the molecule is Cc1cc(-n2cnc(Nc3nc4c(c(N5CCC[C@H]5C(N)=O)n3)CCN(Cc3ccccc3)C4)c2)cc(C)c1C. The van der Waals surface area contributed by atoms with Crippen LogP contribution < -0.4 is 16.0 Å². The lowest BCUT2D eigenvalue weighted by Crippen LogP contribution is -2.42. The van der Waals surface area contributed by atoms with Crippen LogP contribution in [0, 0.1) is 20.8 Å². The van der Waals surface area contributed by atoms with E-state index in [0.717, 1.165) is 61.7 Å². The van der Waals surface area contributed by atoms with Crippen LogP contribution in [0.1, 0.15) is 46.4 Å². The number of primary amides is 1. The number of fused-ring (bicyclic) bond motifs is 1. The number of benzene rings is 2.